The number of benzene rings is 1. The number of carbonyl (C=O) groups is 10. The Bertz CT molecular complexity index is 2480. The van der Waals surface area contributed by atoms with Gasteiger partial charge in [0.2, 0.25) is 53.2 Å². The van der Waals surface area contributed by atoms with E-state index in [0.29, 0.717) is 50.9 Å². The van der Waals surface area contributed by atoms with Crippen molar-refractivity contribution in [3.05, 3.63) is 36.0 Å². The van der Waals surface area contributed by atoms with E-state index in [2.05, 4.69) is 49.1 Å². The molecule has 0 radical (unpaired) electrons. The van der Waals surface area contributed by atoms with E-state index in [1.807, 2.05) is 45.0 Å². The SMILES string of the molecule is CCCCCCCC[C@H](NC(=O)[C@@H]1CCCN1C(=O)c1ccc2[nH]ccc2c1)C(=O)NCC(=O)N(C(C)C)C(C)(C)C(=O)NCC(=O)N(C(C)C)[C@@H](CC(C)C)C(=O)NC(C)(C)C(=O)NC(C)(C)C(=O)NCCC(=O)NCCN(C)C. The Kier molecular flexibility index (Phi) is 26.8. The van der Waals surface area contributed by atoms with Crippen LogP contribution in [0.15, 0.2) is 30.5 Å². The quantitative estimate of drug-likeness (QED) is 0.0475. The average molecular weight is 1140 g/mol. The van der Waals surface area contributed by atoms with Crippen LogP contribution in [0, 0.1) is 5.92 Å². The van der Waals surface area contributed by atoms with E-state index in [-0.39, 0.29) is 37.1 Å². The van der Waals surface area contributed by atoms with E-state index in [4.69, 9.17) is 0 Å². The molecular weight excluding hydrogens is 1040 g/mol. The standard InChI is InChI=1S/C59H98N12O10/c1-16-17-18-19-20-21-23-44(65-51(76)45-24-22-32-69(45)53(78)42-25-26-43-41(35-42)27-29-60-43)50(75)63-37-49(74)71(40(6)7)59(12,13)56(81)64-36-48(73)70(39(4)5)46(34-38(2)3)52(77)66-58(10,11)55(80)67-57(8,9)54(79)62-30-28-47(72)61-31-33-68(14)15/h25-27,29,35,38-40,44-46,60H,16-24,28,30-34,36-37H2,1-15H3,(H,61,72)(H,62,79)(H,63,75)(H,64,81)(H,65,76)(H,66,77)(H,67,80)/t44-,45-,46-/m0/s1. The molecule has 1 aliphatic heterocycles. The molecule has 81 heavy (non-hydrogen) atoms. The third-order valence-corrected chi connectivity index (χ3v) is 14.5. The second kappa shape index (κ2) is 31.6. The Morgan fingerprint density at radius 2 is 1.35 bits per heavy atom. The minimum absolute atomic E-state index is 0.0394. The highest BCUT2D eigenvalue weighted by Crippen LogP contribution is 2.25. The normalized spacial score (nSPS) is 14.6. The first-order valence-electron chi connectivity index (χ1n) is 29.1. The minimum atomic E-state index is -1.58. The van der Waals surface area contributed by atoms with E-state index >= 15 is 0 Å². The molecular formula is C59H98N12O10. The van der Waals surface area contributed by atoms with Crippen LogP contribution in [0.1, 0.15) is 171 Å². The Labute approximate surface area is 480 Å². The largest absolute Gasteiger partial charge is 0.361 e. The Morgan fingerprint density at radius 3 is 1.98 bits per heavy atom. The van der Waals surface area contributed by atoms with Gasteiger partial charge < -0.3 is 61.8 Å². The lowest BCUT2D eigenvalue weighted by Gasteiger charge is -2.41. The maximum Gasteiger partial charge on any atom is 0.254 e. The van der Waals surface area contributed by atoms with Gasteiger partial charge in [0.25, 0.3) is 5.91 Å². The maximum atomic E-state index is 14.3. The molecule has 0 saturated carbocycles. The Balaban J connectivity index is 1.70. The van der Waals surface area contributed by atoms with Gasteiger partial charge in [-0.05, 0) is 139 Å². The maximum absolute atomic E-state index is 14.3. The summed E-state index contributed by atoms with van der Waals surface area (Å²) in [6, 6.07) is 3.21. The summed E-state index contributed by atoms with van der Waals surface area (Å²) >= 11 is 0. The molecule has 0 spiro atoms. The van der Waals surface area contributed by atoms with E-state index < -0.39 is 107 Å². The fraction of sp³-hybridized carbons (Fsp3) is 0.695. The number of aromatic nitrogens is 1. The molecule has 1 fully saturated rings. The molecule has 10 amide bonds. The van der Waals surface area contributed by atoms with Gasteiger partial charge in [-0.25, -0.2) is 0 Å². The summed E-state index contributed by atoms with van der Waals surface area (Å²) in [5, 5.41) is 20.1. The third-order valence-electron chi connectivity index (χ3n) is 14.5. The van der Waals surface area contributed by atoms with Gasteiger partial charge in [0, 0.05) is 67.3 Å². The van der Waals surface area contributed by atoms with Crippen molar-refractivity contribution in [3.63, 3.8) is 0 Å². The van der Waals surface area contributed by atoms with Gasteiger partial charge in [-0.1, -0.05) is 59.3 Å². The molecule has 1 aliphatic rings. The van der Waals surface area contributed by atoms with Crippen LogP contribution in [-0.4, -0.2) is 184 Å². The van der Waals surface area contributed by atoms with Gasteiger partial charge in [-0.3, -0.25) is 47.9 Å². The summed E-state index contributed by atoms with van der Waals surface area (Å²) in [7, 11) is 3.78. The van der Waals surface area contributed by atoms with E-state index in [1.54, 1.807) is 50.9 Å². The third kappa shape index (κ3) is 20.7. The molecule has 3 atom stereocenters. The number of likely N-dealkylation sites (tertiary alicyclic amines) is 1. The first kappa shape index (κ1) is 68.7. The summed E-state index contributed by atoms with van der Waals surface area (Å²) in [5.74, 6) is -5.36. The van der Waals surface area contributed by atoms with Crippen LogP contribution < -0.4 is 37.2 Å². The van der Waals surface area contributed by atoms with Crippen molar-refractivity contribution >= 4 is 70.0 Å². The average Bonchev–Trinajstić information content (AvgIpc) is 4.12. The summed E-state index contributed by atoms with van der Waals surface area (Å²) in [6.07, 6.45) is 9.01. The molecule has 1 saturated heterocycles. The lowest BCUT2D eigenvalue weighted by Crippen LogP contribution is -2.65. The van der Waals surface area contributed by atoms with Gasteiger partial charge in [-0.2, -0.15) is 0 Å². The number of amides is 10. The number of hydrogen-bond donors (Lipinski definition) is 8. The number of nitrogens with zero attached hydrogens (tertiary/aromatic N) is 4. The van der Waals surface area contributed by atoms with Gasteiger partial charge in [0.15, 0.2) is 0 Å². The highest BCUT2D eigenvalue weighted by molar-refractivity contribution is 6.02. The molecule has 2 heterocycles. The molecule has 0 bridgehead atoms. The highest BCUT2D eigenvalue weighted by atomic mass is 16.2. The van der Waals surface area contributed by atoms with Crippen LogP contribution in [0.25, 0.3) is 10.9 Å². The van der Waals surface area contributed by atoms with Gasteiger partial charge in [0.05, 0.1) is 13.1 Å². The molecule has 1 aromatic carbocycles. The zero-order chi connectivity index (χ0) is 61.0. The van der Waals surface area contributed by atoms with Crippen molar-refractivity contribution in [1.29, 1.82) is 0 Å². The van der Waals surface area contributed by atoms with Gasteiger partial charge >= 0.3 is 0 Å². The number of hydrogen-bond acceptors (Lipinski definition) is 11. The van der Waals surface area contributed by atoms with Crippen molar-refractivity contribution < 1.29 is 47.9 Å². The monoisotopic (exact) mass is 1130 g/mol. The van der Waals surface area contributed by atoms with Crippen LogP contribution in [-0.2, 0) is 43.2 Å². The number of likely N-dealkylation sites (N-methyl/N-ethyl adjacent to an activating group) is 1. The number of rotatable bonds is 33. The molecule has 8 N–H and O–H groups in total. The molecule has 22 heteroatoms. The number of H-pyrrole nitrogens is 1. The van der Waals surface area contributed by atoms with Crippen molar-refractivity contribution in [3.8, 4) is 0 Å². The minimum Gasteiger partial charge on any atom is -0.361 e. The first-order valence-corrected chi connectivity index (χ1v) is 29.1. The molecule has 0 unspecified atom stereocenters. The number of fused-ring (bicyclic) bond motifs is 1. The number of carbonyl (C=O) groups excluding carboxylic acids is 10. The van der Waals surface area contributed by atoms with Crippen molar-refractivity contribution in [2.75, 3.05) is 53.4 Å². The Hall–Kier alpha value is -6.58. The molecule has 2 aromatic rings. The molecule has 22 nitrogen and oxygen atoms in total. The topological polar surface area (TPSA) is 284 Å². The van der Waals surface area contributed by atoms with Crippen molar-refractivity contribution in [1.82, 2.24) is 61.8 Å². The summed E-state index contributed by atoms with van der Waals surface area (Å²) < 4.78 is 0. The van der Waals surface area contributed by atoms with Gasteiger partial charge in [-0.15, -0.1) is 0 Å². The van der Waals surface area contributed by atoms with Crippen molar-refractivity contribution in [2.24, 2.45) is 5.92 Å². The zero-order valence-corrected chi connectivity index (χ0v) is 51.2. The summed E-state index contributed by atoms with van der Waals surface area (Å²) in [6.45, 7) is 22.3. The van der Waals surface area contributed by atoms with E-state index in [0.717, 1.165) is 43.0 Å². The smallest absolute Gasteiger partial charge is 0.254 e. The summed E-state index contributed by atoms with van der Waals surface area (Å²) in [4.78, 5) is 147. The zero-order valence-electron chi connectivity index (χ0n) is 51.2. The predicted molar refractivity (Wildman–Crippen MR) is 313 cm³/mol. The van der Waals surface area contributed by atoms with E-state index in [1.165, 1.54) is 51.3 Å². The second-order valence-corrected chi connectivity index (χ2v) is 24.3. The number of aromatic amines is 1. The molecule has 1 aromatic heterocycles. The van der Waals surface area contributed by atoms with Crippen LogP contribution in [0.3, 0.4) is 0 Å². The van der Waals surface area contributed by atoms with Crippen LogP contribution in [0.4, 0.5) is 0 Å². The number of nitrogens with one attached hydrogen (secondary N) is 8. The number of unbranched alkanes of at least 4 members (excludes halogenated alkanes) is 5. The van der Waals surface area contributed by atoms with Crippen LogP contribution in [0.5, 0.6) is 0 Å². The fourth-order valence-electron chi connectivity index (χ4n) is 10.1. The van der Waals surface area contributed by atoms with Crippen LogP contribution in [0.2, 0.25) is 0 Å². The highest BCUT2D eigenvalue weighted by Gasteiger charge is 2.43. The lowest BCUT2D eigenvalue weighted by molar-refractivity contribution is -0.150. The fourth-order valence-corrected chi connectivity index (χ4v) is 10.1. The Morgan fingerprint density at radius 1 is 0.704 bits per heavy atom. The second-order valence-electron chi connectivity index (χ2n) is 24.3. The van der Waals surface area contributed by atoms with Crippen molar-refractivity contribution in [2.45, 2.75) is 207 Å². The predicted octanol–water partition coefficient (Wildman–Crippen LogP) is 3.88. The van der Waals surface area contributed by atoms with Crippen LogP contribution >= 0.6 is 0 Å². The molecule has 0 aliphatic carbocycles. The molecule has 3 rings (SSSR count). The summed E-state index contributed by atoms with van der Waals surface area (Å²) in [5.41, 5.74) is -3.24. The van der Waals surface area contributed by atoms with E-state index in [9.17, 15) is 47.9 Å². The molecule has 454 valence electrons. The lowest BCUT2D eigenvalue weighted by atomic mass is 9.96. The van der Waals surface area contributed by atoms with Gasteiger partial charge in [0.1, 0.15) is 34.7 Å². The first-order chi connectivity index (χ1) is 37.9.